The lowest BCUT2D eigenvalue weighted by Gasteiger charge is -2.07. The fraction of sp³-hybridized carbons (Fsp3) is 0.0500. The van der Waals surface area contributed by atoms with Crippen molar-refractivity contribution < 1.29 is 19.8 Å². The fourth-order valence-electron chi connectivity index (χ4n) is 2.41. The van der Waals surface area contributed by atoms with Gasteiger partial charge >= 0.3 is 5.97 Å². The van der Waals surface area contributed by atoms with Crippen LogP contribution in [0.15, 0.2) is 69.5 Å². The number of aromatic carboxylic acids is 1. The standard InChI is InChI=1S/C20H15ClN2O4S/c1-23-18(25)17(10-13(21)9-12-5-3-2-4-6-12)28-20(23)22-14-7-8-15(19(26)27)16(24)11-14/h2-11,24H,1H3,(H,26,27)/b13-9-,17-10-,22-20?. The van der Waals surface area contributed by atoms with Gasteiger partial charge in [-0.25, -0.2) is 9.79 Å². The maximum atomic E-state index is 12.4. The number of carbonyl (C=O) groups is 2. The van der Waals surface area contributed by atoms with Gasteiger partial charge in [-0.15, -0.1) is 0 Å². The van der Waals surface area contributed by atoms with Crippen molar-refractivity contribution >= 4 is 52.2 Å². The first-order valence-corrected chi connectivity index (χ1v) is 9.29. The Morgan fingerprint density at radius 3 is 2.57 bits per heavy atom. The molecule has 2 aromatic carbocycles. The molecule has 142 valence electrons. The monoisotopic (exact) mass is 414 g/mol. The van der Waals surface area contributed by atoms with Crippen molar-refractivity contribution in [3.8, 4) is 5.75 Å². The van der Waals surface area contributed by atoms with Crippen LogP contribution in [0.3, 0.4) is 0 Å². The number of hydrogen-bond donors (Lipinski definition) is 2. The van der Waals surface area contributed by atoms with Crippen molar-refractivity contribution in [2.45, 2.75) is 0 Å². The molecule has 0 aromatic heterocycles. The molecule has 2 N–H and O–H groups in total. The fourth-order valence-corrected chi connectivity index (χ4v) is 3.69. The van der Waals surface area contributed by atoms with Gasteiger partial charge in [0, 0.05) is 18.1 Å². The molecule has 0 aliphatic carbocycles. The van der Waals surface area contributed by atoms with E-state index in [2.05, 4.69) is 4.99 Å². The molecule has 0 spiro atoms. The number of carboxylic acids is 1. The minimum Gasteiger partial charge on any atom is -0.507 e. The number of phenols is 1. The van der Waals surface area contributed by atoms with Crippen LogP contribution < -0.4 is 0 Å². The van der Waals surface area contributed by atoms with Gasteiger partial charge < -0.3 is 10.2 Å². The van der Waals surface area contributed by atoms with E-state index in [0.29, 0.717) is 20.8 Å². The van der Waals surface area contributed by atoms with E-state index >= 15 is 0 Å². The molecule has 1 heterocycles. The maximum Gasteiger partial charge on any atom is 0.339 e. The first-order valence-electron chi connectivity index (χ1n) is 8.10. The number of aliphatic imine (C=N–C) groups is 1. The maximum absolute atomic E-state index is 12.4. The van der Waals surface area contributed by atoms with E-state index in [1.165, 1.54) is 23.1 Å². The normalized spacial score (nSPS) is 17.6. The summed E-state index contributed by atoms with van der Waals surface area (Å²) in [7, 11) is 1.58. The number of amidine groups is 1. The third-order valence-electron chi connectivity index (χ3n) is 3.81. The number of amides is 1. The molecule has 1 saturated heterocycles. The molecule has 8 heteroatoms. The number of carbonyl (C=O) groups excluding carboxylic acids is 1. The second-order valence-corrected chi connectivity index (χ2v) is 7.26. The Morgan fingerprint density at radius 1 is 1.21 bits per heavy atom. The van der Waals surface area contributed by atoms with Crippen LogP contribution in [-0.4, -0.2) is 39.2 Å². The lowest BCUT2D eigenvalue weighted by molar-refractivity contribution is -0.121. The first-order chi connectivity index (χ1) is 13.3. The van der Waals surface area contributed by atoms with E-state index in [0.717, 1.165) is 17.3 Å². The molecule has 1 aliphatic heterocycles. The number of aromatic hydroxyl groups is 1. The molecule has 0 bridgehead atoms. The molecule has 2 aromatic rings. The molecule has 1 aliphatic rings. The largest absolute Gasteiger partial charge is 0.507 e. The van der Waals surface area contributed by atoms with Crippen LogP contribution in [0.5, 0.6) is 5.75 Å². The first kappa shape index (κ1) is 19.7. The smallest absolute Gasteiger partial charge is 0.339 e. The van der Waals surface area contributed by atoms with E-state index in [1.807, 2.05) is 30.3 Å². The highest BCUT2D eigenvalue weighted by molar-refractivity contribution is 8.18. The zero-order chi connectivity index (χ0) is 20.3. The number of carboxylic acid groups (broad SMARTS) is 1. The summed E-state index contributed by atoms with van der Waals surface area (Å²) < 4.78 is 0. The molecular weight excluding hydrogens is 400 g/mol. The predicted octanol–water partition coefficient (Wildman–Crippen LogP) is 4.45. The van der Waals surface area contributed by atoms with Gasteiger partial charge in [0.15, 0.2) is 5.17 Å². The van der Waals surface area contributed by atoms with Crippen LogP contribution in [0, 0.1) is 0 Å². The van der Waals surface area contributed by atoms with Crippen LogP contribution in [0.4, 0.5) is 5.69 Å². The highest BCUT2D eigenvalue weighted by Gasteiger charge is 2.30. The van der Waals surface area contributed by atoms with Crippen molar-refractivity contribution in [2.24, 2.45) is 4.99 Å². The molecule has 0 atom stereocenters. The topological polar surface area (TPSA) is 90.2 Å². The summed E-state index contributed by atoms with van der Waals surface area (Å²) in [6.07, 6.45) is 3.33. The summed E-state index contributed by atoms with van der Waals surface area (Å²) in [4.78, 5) is 29.5. The van der Waals surface area contributed by atoms with E-state index in [1.54, 1.807) is 19.2 Å². The van der Waals surface area contributed by atoms with Gasteiger partial charge in [0.05, 0.1) is 10.6 Å². The van der Waals surface area contributed by atoms with Gasteiger partial charge in [-0.2, -0.15) is 0 Å². The van der Waals surface area contributed by atoms with Gasteiger partial charge in [0.25, 0.3) is 5.91 Å². The van der Waals surface area contributed by atoms with Gasteiger partial charge in [0.1, 0.15) is 11.3 Å². The lowest BCUT2D eigenvalue weighted by atomic mass is 10.2. The van der Waals surface area contributed by atoms with Crippen molar-refractivity contribution in [1.29, 1.82) is 0 Å². The Balaban J connectivity index is 1.85. The summed E-state index contributed by atoms with van der Waals surface area (Å²) in [6, 6.07) is 13.4. The van der Waals surface area contributed by atoms with E-state index in [9.17, 15) is 14.7 Å². The second-order valence-electron chi connectivity index (χ2n) is 5.82. The highest BCUT2D eigenvalue weighted by Crippen LogP contribution is 2.34. The average molecular weight is 415 g/mol. The SMILES string of the molecule is CN1C(=O)/C(=C/C(Cl)=C/c2ccccc2)SC1=Nc1ccc(C(=O)O)c(O)c1. The summed E-state index contributed by atoms with van der Waals surface area (Å²) in [6.45, 7) is 0. The Kier molecular flexibility index (Phi) is 5.87. The molecule has 28 heavy (non-hydrogen) atoms. The summed E-state index contributed by atoms with van der Waals surface area (Å²) in [5.74, 6) is -1.88. The third-order valence-corrected chi connectivity index (χ3v) is 5.09. The number of thioether (sulfide) groups is 1. The molecule has 0 saturated carbocycles. The molecule has 1 fully saturated rings. The Bertz CT molecular complexity index is 1030. The molecule has 0 radical (unpaired) electrons. The van der Waals surface area contributed by atoms with E-state index in [4.69, 9.17) is 16.7 Å². The van der Waals surface area contributed by atoms with Crippen LogP contribution in [0.25, 0.3) is 6.08 Å². The summed E-state index contributed by atoms with van der Waals surface area (Å²) in [5, 5.41) is 19.5. The van der Waals surface area contributed by atoms with Gasteiger partial charge in [-0.3, -0.25) is 9.69 Å². The van der Waals surface area contributed by atoms with E-state index in [-0.39, 0.29) is 11.5 Å². The number of benzene rings is 2. The van der Waals surface area contributed by atoms with Crippen molar-refractivity contribution in [3.63, 3.8) is 0 Å². The average Bonchev–Trinajstić information content (AvgIpc) is 2.90. The molecule has 6 nitrogen and oxygen atoms in total. The lowest BCUT2D eigenvalue weighted by Crippen LogP contribution is -2.23. The summed E-state index contributed by atoms with van der Waals surface area (Å²) >= 11 is 7.40. The van der Waals surface area contributed by atoms with Crippen molar-refractivity contribution in [3.05, 3.63) is 75.7 Å². The molecule has 1 amide bonds. The van der Waals surface area contributed by atoms with Gasteiger partial charge in [0.2, 0.25) is 0 Å². The Labute approximate surface area is 170 Å². The van der Waals surface area contributed by atoms with Crippen LogP contribution in [-0.2, 0) is 4.79 Å². The minimum atomic E-state index is -1.23. The molecule has 0 unspecified atom stereocenters. The van der Waals surface area contributed by atoms with Crippen molar-refractivity contribution in [1.82, 2.24) is 4.90 Å². The minimum absolute atomic E-state index is 0.217. The predicted molar refractivity (Wildman–Crippen MR) is 111 cm³/mol. The zero-order valence-corrected chi connectivity index (χ0v) is 16.2. The third kappa shape index (κ3) is 4.44. The number of hydrogen-bond acceptors (Lipinski definition) is 5. The number of nitrogens with zero attached hydrogens (tertiary/aromatic N) is 2. The Hall–Kier alpha value is -3.03. The molecular formula is C20H15ClN2O4S. The van der Waals surface area contributed by atoms with Crippen LogP contribution in [0.1, 0.15) is 15.9 Å². The van der Waals surface area contributed by atoms with Gasteiger partial charge in [-0.05, 0) is 41.6 Å². The molecule has 3 rings (SSSR count). The van der Waals surface area contributed by atoms with Gasteiger partial charge in [-0.1, -0.05) is 41.9 Å². The van der Waals surface area contributed by atoms with Crippen molar-refractivity contribution in [2.75, 3.05) is 7.05 Å². The number of allylic oxidation sites excluding steroid dienone is 2. The second kappa shape index (κ2) is 8.33. The number of likely N-dealkylation sites (N-methyl/N-ethyl adjacent to an activating group) is 1. The quantitative estimate of drug-likeness (QED) is 0.721. The van der Waals surface area contributed by atoms with E-state index < -0.39 is 11.7 Å². The number of rotatable bonds is 4. The highest BCUT2D eigenvalue weighted by atomic mass is 35.5. The number of halogens is 1. The summed E-state index contributed by atoms with van der Waals surface area (Å²) in [5.41, 5.74) is 1.03. The van der Waals surface area contributed by atoms with Crippen LogP contribution in [0.2, 0.25) is 0 Å². The Morgan fingerprint density at radius 2 is 1.93 bits per heavy atom. The zero-order valence-electron chi connectivity index (χ0n) is 14.7. The van der Waals surface area contributed by atoms with Crippen LogP contribution >= 0.6 is 23.4 Å².